The van der Waals surface area contributed by atoms with Gasteiger partial charge in [0.25, 0.3) is 0 Å². The largest absolute Gasteiger partial charge is 0.489 e. The van der Waals surface area contributed by atoms with E-state index in [1.54, 1.807) is 6.07 Å². The second kappa shape index (κ2) is 8.88. The van der Waals surface area contributed by atoms with Crippen LogP contribution in [0, 0.1) is 25.2 Å². The van der Waals surface area contributed by atoms with Gasteiger partial charge in [0, 0.05) is 5.69 Å². The van der Waals surface area contributed by atoms with Crippen molar-refractivity contribution >= 4 is 11.6 Å². The molecule has 4 nitrogen and oxygen atoms in total. The lowest BCUT2D eigenvalue weighted by Gasteiger charge is -2.12. The van der Waals surface area contributed by atoms with Crippen LogP contribution in [0.2, 0.25) is 0 Å². The predicted octanol–water partition coefficient (Wildman–Crippen LogP) is 4.94. The highest BCUT2D eigenvalue weighted by Crippen LogP contribution is 2.22. The number of nitrogens with one attached hydrogen (secondary N) is 1. The van der Waals surface area contributed by atoms with Gasteiger partial charge in [-0.25, -0.2) is 0 Å². The molecule has 3 aromatic carbocycles. The zero-order valence-corrected chi connectivity index (χ0v) is 16.0. The second-order valence-corrected chi connectivity index (χ2v) is 6.79. The van der Waals surface area contributed by atoms with E-state index in [4.69, 9.17) is 10.00 Å². The molecule has 0 aliphatic heterocycles. The summed E-state index contributed by atoms with van der Waals surface area (Å²) in [6.07, 6.45) is 0.342. The van der Waals surface area contributed by atoms with Gasteiger partial charge in [0.05, 0.1) is 18.1 Å². The van der Waals surface area contributed by atoms with Crippen molar-refractivity contribution in [2.45, 2.75) is 26.9 Å². The van der Waals surface area contributed by atoms with E-state index in [9.17, 15) is 4.79 Å². The number of amides is 1. The fourth-order valence-electron chi connectivity index (χ4n) is 2.97. The van der Waals surface area contributed by atoms with E-state index in [-0.39, 0.29) is 5.91 Å². The van der Waals surface area contributed by atoms with Crippen molar-refractivity contribution in [3.05, 3.63) is 94.5 Å². The number of nitrogens with zero attached hydrogens (tertiary/aromatic N) is 1. The van der Waals surface area contributed by atoms with E-state index in [1.807, 2.05) is 74.5 Å². The number of rotatable bonds is 6. The van der Waals surface area contributed by atoms with Gasteiger partial charge in [-0.1, -0.05) is 42.0 Å². The Kier molecular flexibility index (Phi) is 6.08. The first-order chi connectivity index (χ1) is 13.5. The fourth-order valence-corrected chi connectivity index (χ4v) is 2.97. The Bertz CT molecular complexity index is 1030. The molecule has 0 saturated heterocycles. The van der Waals surface area contributed by atoms with E-state index in [2.05, 4.69) is 11.4 Å². The summed E-state index contributed by atoms with van der Waals surface area (Å²) in [7, 11) is 0. The van der Waals surface area contributed by atoms with Crippen LogP contribution in [0.1, 0.15) is 27.8 Å². The Labute approximate surface area is 165 Å². The third-order valence-electron chi connectivity index (χ3n) is 4.38. The Morgan fingerprint density at radius 1 is 1.00 bits per heavy atom. The quantitative estimate of drug-likeness (QED) is 0.669. The first-order valence-electron chi connectivity index (χ1n) is 9.11. The molecule has 0 aliphatic rings. The highest BCUT2D eigenvalue weighted by Gasteiger charge is 2.08. The Morgan fingerprint density at radius 2 is 1.79 bits per heavy atom. The molecule has 0 spiro atoms. The number of ether oxygens (including phenoxy) is 1. The zero-order valence-electron chi connectivity index (χ0n) is 16.0. The van der Waals surface area contributed by atoms with Crippen LogP contribution in [0.3, 0.4) is 0 Å². The second-order valence-electron chi connectivity index (χ2n) is 6.79. The summed E-state index contributed by atoms with van der Waals surface area (Å²) in [6, 6.07) is 23.0. The molecule has 0 fully saturated rings. The van der Waals surface area contributed by atoms with Crippen molar-refractivity contribution < 1.29 is 9.53 Å². The molecule has 4 heteroatoms. The lowest BCUT2D eigenvalue weighted by Crippen LogP contribution is -2.15. The number of hydrogen-bond donors (Lipinski definition) is 1. The molecular formula is C24H22N2O2. The van der Waals surface area contributed by atoms with Crippen LogP contribution in [0.5, 0.6) is 5.75 Å². The molecule has 3 aromatic rings. The SMILES string of the molecule is Cc1cccc(CC(=O)Nc2ccc(OCc3cccc(C#N)c3)cc2C)c1. The van der Waals surface area contributed by atoms with Crippen molar-refractivity contribution in [2.75, 3.05) is 5.32 Å². The summed E-state index contributed by atoms with van der Waals surface area (Å²) in [6.45, 7) is 4.33. The third kappa shape index (κ3) is 5.21. The lowest BCUT2D eigenvalue weighted by molar-refractivity contribution is -0.115. The molecule has 1 N–H and O–H groups in total. The van der Waals surface area contributed by atoms with Gasteiger partial charge in [0.15, 0.2) is 0 Å². The smallest absolute Gasteiger partial charge is 0.228 e. The van der Waals surface area contributed by atoms with Gasteiger partial charge in [0.1, 0.15) is 12.4 Å². The molecule has 0 bridgehead atoms. The van der Waals surface area contributed by atoms with Crippen LogP contribution >= 0.6 is 0 Å². The molecule has 3 rings (SSSR count). The Balaban J connectivity index is 1.60. The molecule has 0 aliphatic carbocycles. The summed E-state index contributed by atoms with van der Waals surface area (Å²) in [5, 5.41) is 11.9. The minimum Gasteiger partial charge on any atom is -0.489 e. The van der Waals surface area contributed by atoms with Crippen LogP contribution in [0.25, 0.3) is 0 Å². The molecular weight excluding hydrogens is 348 g/mol. The van der Waals surface area contributed by atoms with Gasteiger partial charge in [-0.05, 0) is 60.9 Å². The van der Waals surface area contributed by atoms with E-state index < -0.39 is 0 Å². The van der Waals surface area contributed by atoms with Gasteiger partial charge in [-0.3, -0.25) is 4.79 Å². The van der Waals surface area contributed by atoms with Crippen LogP contribution in [-0.2, 0) is 17.8 Å². The number of aryl methyl sites for hydroxylation is 2. The maximum atomic E-state index is 12.3. The van der Waals surface area contributed by atoms with Gasteiger partial charge in [-0.2, -0.15) is 5.26 Å². The van der Waals surface area contributed by atoms with Crippen LogP contribution in [0.15, 0.2) is 66.7 Å². The van der Waals surface area contributed by atoms with E-state index in [0.717, 1.165) is 33.7 Å². The first kappa shape index (κ1) is 19.2. The molecule has 0 heterocycles. The summed E-state index contributed by atoms with van der Waals surface area (Å²) < 4.78 is 5.82. The lowest BCUT2D eigenvalue weighted by atomic mass is 10.1. The van der Waals surface area contributed by atoms with Gasteiger partial charge in [-0.15, -0.1) is 0 Å². The standard InChI is InChI=1S/C24H22N2O2/c1-17-5-3-6-19(11-17)14-24(27)26-23-10-9-22(12-18(23)2)28-16-21-8-4-7-20(13-21)15-25/h3-13H,14,16H2,1-2H3,(H,26,27). The minimum absolute atomic E-state index is 0.0457. The minimum atomic E-state index is -0.0457. The van der Waals surface area contributed by atoms with Crippen molar-refractivity contribution in [2.24, 2.45) is 0 Å². The third-order valence-corrected chi connectivity index (χ3v) is 4.38. The number of nitriles is 1. The topological polar surface area (TPSA) is 62.1 Å². The van der Waals surface area contributed by atoms with E-state index in [1.165, 1.54) is 0 Å². The molecule has 1 amide bonds. The molecule has 0 radical (unpaired) electrons. The number of benzene rings is 3. The Morgan fingerprint density at radius 3 is 2.54 bits per heavy atom. The summed E-state index contributed by atoms with van der Waals surface area (Å²) in [4.78, 5) is 12.3. The molecule has 0 unspecified atom stereocenters. The maximum absolute atomic E-state index is 12.3. The van der Waals surface area contributed by atoms with Crippen LogP contribution < -0.4 is 10.1 Å². The zero-order chi connectivity index (χ0) is 19.9. The average Bonchev–Trinajstić information content (AvgIpc) is 2.68. The first-order valence-corrected chi connectivity index (χ1v) is 9.11. The highest BCUT2D eigenvalue weighted by atomic mass is 16.5. The summed E-state index contributed by atoms with van der Waals surface area (Å²) >= 11 is 0. The number of carbonyl (C=O) groups is 1. The van der Waals surface area contributed by atoms with Gasteiger partial charge >= 0.3 is 0 Å². The van der Waals surface area contributed by atoms with Gasteiger partial charge < -0.3 is 10.1 Å². The molecule has 140 valence electrons. The molecule has 0 saturated carbocycles. The fraction of sp³-hybridized carbons (Fsp3) is 0.167. The van der Waals surface area contributed by atoms with Crippen molar-refractivity contribution in [1.29, 1.82) is 5.26 Å². The van der Waals surface area contributed by atoms with Crippen molar-refractivity contribution in [1.82, 2.24) is 0 Å². The monoisotopic (exact) mass is 370 g/mol. The maximum Gasteiger partial charge on any atom is 0.228 e. The van der Waals surface area contributed by atoms with Crippen molar-refractivity contribution in [3.63, 3.8) is 0 Å². The average molecular weight is 370 g/mol. The Hall–Kier alpha value is -3.58. The highest BCUT2D eigenvalue weighted by molar-refractivity contribution is 5.93. The number of hydrogen-bond acceptors (Lipinski definition) is 3. The normalized spacial score (nSPS) is 10.2. The molecule has 0 atom stereocenters. The van der Waals surface area contributed by atoms with Crippen LogP contribution in [-0.4, -0.2) is 5.91 Å². The van der Waals surface area contributed by atoms with Crippen LogP contribution in [0.4, 0.5) is 5.69 Å². The number of carbonyl (C=O) groups excluding carboxylic acids is 1. The van der Waals surface area contributed by atoms with E-state index in [0.29, 0.717) is 18.6 Å². The summed E-state index contributed by atoms with van der Waals surface area (Å²) in [5.41, 5.74) is 5.39. The predicted molar refractivity (Wildman–Crippen MR) is 110 cm³/mol. The molecule has 28 heavy (non-hydrogen) atoms. The molecule has 0 aromatic heterocycles. The van der Waals surface area contributed by atoms with Gasteiger partial charge in [0.2, 0.25) is 5.91 Å². The number of anilines is 1. The van der Waals surface area contributed by atoms with Crippen molar-refractivity contribution in [3.8, 4) is 11.8 Å². The summed E-state index contributed by atoms with van der Waals surface area (Å²) in [5.74, 6) is 0.673. The van der Waals surface area contributed by atoms with E-state index >= 15 is 0 Å².